The number of esters is 2. The van der Waals surface area contributed by atoms with Gasteiger partial charge in [-0.15, -0.1) is 0 Å². The van der Waals surface area contributed by atoms with Crippen molar-refractivity contribution in [2.24, 2.45) is 0 Å². The van der Waals surface area contributed by atoms with Gasteiger partial charge in [-0.3, -0.25) is 0 Å². The summed E-state index contributed by atoms with van der Waals surface area (Å²) in [7, 11) is 0. The Morgan fingerprint density at radius 2 is 1.45 bits per heavy atom. The molecular formula is C10H10F6N2O4. The van der Waals surface area contributed by atoms with Crippen LogP contribution in [0, 0.1) is 0 Å². The second kappa shape index (κ2) is 5.26. The first-order valence-electron chi connectivity index (χ1n) is 6.03. The lowest BCUT2D eigenvalue weighted by Gasteiger charge is -2.54. The third-order valence-corrected chi connectivity index (χ3v) is 3.27. The van der Waals surface area contributed by atoms with E-state index in [1.807, 2.05) is 0 Å². The van der Waals surface area contributed by atoms with Crippen LogP contribution in [0.15, 0.2) is 0 Å². The van der Waals surface area contributed by atoms with Gasteiger partial charge in [-0.05, 0) is 0 Å². The molecule has 0 aromatic carbocycles. The molecule has 1 N–H and O–H groups in total. The van der Waals surface area contributed by atoms with Crippen LogP contribution in [-0.4, -0.2) is 60.8 Å². The van der Waals surface area contributed by atoms with Crippen molar-refractivity contribution in [2.45, 2.75) is 30.7 Å². The van der Waals surface area contributed by atoms with E-state index in [2.05, 4.69) is 14.8 Å². The molecule has 0 unspecified atom stereocenters. The zero-order valence-corrected chi connectivity index (χ0v) is 10.8. The van der Waals surface area contributed by atoms with E-state index in [0.29, 0.717) is 0 Å². The summed E-state index contributed by atoms with van der Waals surface area (Å²) < 4.78 is 81.7. The van der Waals surface area contributed by atoms with Gasteiger partial charge < -0.3 is 14.8 Å². The molecule has 2 saturated heterocycles. The highest BCUT2D eigenvalue weighted by Gasteiger charge is 2.61. The van der Waals surface area contributed by atoms with Crippen molar-refractivity contribution >= 4 is 11.9 Å². The molecule has 0 spiro atoms. The largest absolute Gasteiger partial charge is 0.491 e. The number of halogens is 6. The van der Waals surface area contributed by atoms with Crippen molar-refractivity contribution in [3.8, 4) is 0 Å². The highest BCUT2D eigenvalue weighted by Crippen LogP contribution is 2.39. The molecule has 0 bridgehead atoms. The maximum atomic E-state index is 12.3. The third-order valence-electron chi connectivity index (χ3n) is 3.27. The molecule has 2 fully saturated rings. The number of likely N-dealkylation sites (tertiary alicyclic amines) is 1. The van der Waals surface area contributed by atoms with Crippen LogP contribution in [0.4, 0.5) is 26.3 Å². The van der Waals surface area contributed by atoms with Crippen LogP contribution in [0.5, 0.6) is 0 Å². The van der Waals surface area contributed by atoms with Gasteiger partial charge in [-0.25, -0.2) is 14.5 Å². The molecule has 126 valence electrons. The van der Waals surface area contributed by atoms with Gasteiger partial charge in [0, 0.05) is 25.7 Å². The van der Waals surface area contributed by atoms with Crippen LogP contribution in [0.25, 0.3) is 0 Å². The summed E-state index contributed by atoms with van der Waals surface area (Å²) in [5, 5.41) is 2.75. The van der Waals surface area contributed by atoms with E-state index in [4.69, 9.17) is 0 Å². The summed E-state index contributed by atoms with van der Waals surface area (Å²) in [6.07, 6.45) is -11.3. The number of hydrogen-bond donors (Lipinski definition) is 1. The number of carbonyl (C=O) groups is 2. The van der Waals surface area contributed by atoms with Crippen molar-refractivity contribution in [3.05, 3.63) is 0 Å². The zero-order valence-electron chi connectivity index (χ0n) is 10.8. The summed E-state index contributed by atoms with van der Waals surface area (Å²) in [6.45, 7) is 0.548. The fraction of sp³-hybridized carbons (Fsp3) is 0.800. The highest BCUT2D eigenvalue weighted by atomic mass is 19.4. The van der Waals surface area contributed by atoms with Gasteiger partial charge >= 0.3 is 30.2 Å². The Balaban J connectivity index is 2.17. The standard InChI is InChI=1S/C10H10F6N2O4/c11-9(12,13)6(19)21-8(22-7(20)10(14,15)16)1-2-18(8)5-3-17-4-5/h5,17H,1-4H2. The number of carbonyl (C=O) groups excluding carboxylic acids is 2. The van der Waals surface area contributed by atoms with Crippen LogP contribution in [0.1, 0.15) is 6.42 Å². The van der Waals surface area contributed by atoms with E-state index in [1.165, 1.54) is 0 Å². The first kappa shape index (κ1) is 16.8. The average Bonchev–Trinajstić information content (AvgIpc) is 2.28. The summed E-state index contributed by atoms with van der Waals surface area (Å²) in [4.78, 5) is 22.8. The van der Waals surface area contributed by atoms with Gasteiger partial charge in [0.25, 0.3) is 0 Å². The highest BCUT2D eigenvalue weighted by molar-refractivity contribution is 5.78. The van der Waals surface area contributed by atoms with Gasteiger partial charge in [-0.1, -0.05) is 0 Å². The molecule has 0 saturated carbocycles. The Labute approximate surface area is 119 Å². The minimum Gasteiger partial charge on any atom is -0.401 e. The predicted octanol–water partition coefficient (Wildman–Crippen LogP) is 0.529. The number of alkyl halides is 6. The molecule has 0 atom stereocenters. The Kier molecular flexibility index (Phi) is 4.02. The summed E-state index contributed by atoms with van der Waals surface area (Å²) >= 11 is 0. The fourth-order valence-electron chi connectivity index (χ4n) is 2.02. The number of hydrogen-bond acceptors (Lipinski definition) is 6. The molecule has 6 nitrogen and oxygen atoms in total. The first-order chi connectivity index (χ1) is 9.96. The van der Waals surface area contributed by atoms with Crippen LogP contribution in [0.3, 0.4) is 0 Å². The van der Waals surface area contributed by atoms with Crippen molar-refractivity contribution in [1.82, 2.24) is 10.2 Å². The Hall–Kier alpha value is -1.56. The molecular weight excluding hydrogens is 326 g/mol. The molecule has 0 aliphatic carbocycles. The quantitative estimate of drug-likeness (QED) is 0.461. The third kappa shape index (κ3) is 3.11. The van der Waals surface area contributed by atoms with Gasteiger partial charge in [0.05, 0.1) is 6.42 Å². The second-order valence-corrected chi connectivity index (χ2v) is 4.74. The van der Waals surface area contributed by atoms with E-state index in [1.54, 1.807) is 0 Å². The zero-order chi connectivity index (χ0) is 16.8. The molecule has 0 aromatic rings. The SMILES string of the molecule is O=C(OC1(OC(=O)C(F)(F)F)CCN1C1CNC1)C(F)(F)F. The van der Waals surface area contributed by atoms with E-state index in [9.17, 15) is 35.9 Å². The van der Waals surface area contributed by atoms with Crippen molar-refractivity contribution in [2.75, 3.05) is 19.6 Å². The van der Waals surface area contributed by atoms with Crippen molar-refractivity contribution in [1.29, 1.82) is 0 Å². The fourth-order valence-corrected chi connectivity index (χ4v) is 2.02. The smallest absolute Gasteiger partial charge is 0.401 e. The summed E-state index contributed by atoms with van der Waals surface area (Å²) in [5.41, 5.74) is 0. The number of ether oxygens (including phenoxy) is 2. The van der Waals surface area contributed by atoms with Crippen molar-refractivity contribution in [3.63, 3.8) is 0 Å². The van der Waals surface area contributed by atoms with E-state index < -0.39 is 42.7 Å². The number of nitrogens with zero attached hydrogens (tertiary/aromatic N) is 1. The molecule has 0 amide bonds. The van der Waals surface area contributed by atoms with Gasteiger partial charge in [0.2, 0.25) is 0 Å². The molecule has 22 heavy (non-hydrogen) atoms. The predicted molar refractivity (Wildman–Crippen MR) is 55.0 cm³/mol. The monoisotopic (exact) mass is 336 g/mol. The van der Waals surface area contributed by atoms with Crippen LogP contribution >= 0.6 is 0 Å². The molecule has 2 heterocycles. The van der Waals surface area contributed by atoms with Crippen LogP contribution < -0.4 is 5.32 Å². The molecule has 2 aliphatic rings. The van der Waals surface area contributed by atoms with Gasteiger partial charge in [0.1, 0.15) is 0 Å². The number of nitrogens with one attached hydrogen (secondary N) is 1. The first-order valence-corrected chi connectivity index (χ1v) is 6.03. The lowest BCUT2D eigenvalue weighted by Crippen LogP contribution is -2.74. The Morgan fingerprint density at radius 1 is 1.00 bits per heavy atom. The molecule has 0 radical (unpaired) electrons. The van der Waals surface area contributed by atoms with Gasteiger partial charge in [0.15, 0.2) is 0 Å². The van der Waals surface area contributed by atoms with Gasteiger partial charge in [-0.2, -0.15) is 26.3 Å². The lowest BCUT2D eigenvalue weighted by molar-refractivity contribution is -0.361. The maximum absolute atomic E-state index is 12.3. The Bertz CT molecular complexity index is 445. The topological polar surface area (TPSA) is 67.9 Å². The van der Waals surface area contributed by atoms with E-state index in [0.717, 1.165) is 4.90 Å². The Morgan fingerprint density at radius 3 is 1.68 bits per heavy atom. The summed E-state index contributed by atoms with van der Waals surface area (Å²) in [5.74, 6) is -8.12. The molecule has 12 heteroatoms. The van der Waals surface area contributed by atoms with Crippen LogP contribution in [-0.2, 0) is 19.1 Å². The van der Waals surface area contributed by atoms with E-state index >= 15 is 0 Å². The number of rotatable bonds is 3. The minimum absolute atomic E-state index is 0.0304. The van der Waals surface area contributed by atoms with Crippen molar-refractivity contribution < 1.29 is 45.4 Å². The normalized spacial score (nSPS) is 22.5. The maximum Gasteiger partial charge on any atom is 0.491 e. The van der Waals surface area contributed by atoms with Crippen LogP contribution in [0.2, 0.25) is 0 Å². The summed E-state index contributed by atoms with van der Waals surface area (Å²) in [6, 6.07) is -0.490. The minimum atomic E-state index is -5.42. The molecule has 2 rings (SSSR count). The van der Waals surface area contributed by atoms with E-state index in [-0.39, 0.29) is 19.6 Å². The second-order valence-electron chi connectivity index (χ2n) is 4.74. The lowest BCUT2D eigenvalue weighted by atomic mass is 10.0. The average molecular weight is 336 g/mol. The molecule has 0 aromatic heterocycles. The molecule has 2 aliphatic heterocycles.